The van der Waals surface area contributed by atoms with E-state index in [9.17, 15) is 9.59 Å². The van der Waals surface area contributed by atoms with Gasteiger partial charge in [-0.25, -0.2) is 0 Å². The van der Waals surface area contributed by atoms with Gasteiger partial charge < -0.3 is 15.4 Å². The number of hydrogen-bond donors (Lipinski definition) is 2. The van der Waals surface area contributed by atoms with Crippen LogP contribution >= 0.6 is 0 Å². The standard InChI is InChI=1S/C22H24N2O3/c1-5-16-8-7-9-18(14-16)23-22(26)20(15(3)4)24-21(25)17-10-12-19(13-11-17)27-6-2/h1,7-15,20H,6H2,2-4H3,(H,23,26)(H,24,25). The zero-order valence-electron chi connectivity index (χ0n) is 15.8. The zero-order chi connectivity index (χ0) is 19.8. The average Bonchev–Trinajstić information content (AvgIpc) is 2.66. The molecule has 0 saturated carbocycles. The predicted octanol–water partition coefficient (Wildman–Crippen LogP) is 3.46. The maximum Gasteiger partial charge on any atom is 0.251 e. The predicted molar refractivity (Wildman–Crippen MR) is 107 cm³/mol. The van der Waals surface area contributed by atoms with Gasteiger partial charge in [-0.3, -0.25) is 9.59 Å². The quantitative estimate of drug-likeness (QED) is 0.740. The summed E-state index contributed by atoms with van der Waals surface area (Å²) in [6.07, 6.45) is 5.39. The van der Waals surface area contributed by atoms with E-state index in [1.807, 2.05) is 20.8 Å². The smallest absolute Gasteiger partial charge is 0.251 e. The molecule has 0 aromatic heterocycles. The topological polar surface area (TPSA) is 67.4 Å². The third-order valence-corrected chi connectivity index (χ3v) is 3.96. The molecule has 0 radical (unpaired) electrons. The van der Waals surface area contributed by atoms with E-state index in [2.05, 4.69) is 16.6 Å². The third-order valence-electron chi connectivity index (χ3n) is 3.96. The van der Waals surface area contributed by atoms with E-state index in [0.29, 0.717) is 29.2 Å². The Bertz CT molecular complexity index is 835. The summed E-state index contributed by atoms with van der Waals surface area (Å²) in [4.78, 5) is 25.2. The SMILES string of the molecule is C#Cc1cccc(NC(=O)C(NC(=O)c2ccc(OCC)cc2)C(C)C)c1. The Kier molecular flexibility index (Phi) is 7.01. The maximum absolute atomic E-state index is 12.7. The molecular formula is C22H24N2O3. The summed E-state index contributed by atoms with van der Waals surface area (Å²) in [5, 5.41) is 5.61. The number of carbonyl (C=O) groups is 2. The molecule has 5 nitrogen and oxygen atoms in total. The van der Waals surface area contributed by atoms with Crippen LogP contribution in [0.5, 0.6) is 5.75 Å². The number of rotatable bonds is 7. The summed E-state index contributed by atoms with van der Waals surface area (Å²) in [5.74, 6) is 2.52. The minimum Gasteiger partial charge on any atom is -0.494 e. The summed E-state index contributed by atoms with van der Waals surface area (Å²) in [5.41, 5.74) is 1.73. The van der Waals surface area contributed by atoms with Crippen LogP contribution in [0.25, 0.3) is 0 Å². The molecule has 0 aliphatic heterocycles. The van der Waals surface area contributed by atoms with Crippen LogP contribution in [0.2, 0.25) is 0 Å². The summed E-state index contributed by atoms with van der Waals surface area (Å²) in [6.45, 7) is 6.20. The first-order chi connectivity index (χ1) is 12.9. The van der Waals surface area contributed by atoms with Crippen LogP contribution in [0, 0.1) is 18.3 Å². The normalized spacial score (nSPS) is 11.4. The van der Waals surface area contributed by atoms with Crippen molar-refractivity contribution < 1.29 is 14.3 Å². The van der Waals surface area contributed by atoms with Gasteiger partial charge in [-0.05, 0) is 55.3 Å². The summed E-state index contributed by atoms with van der Waals surface area (Å²) in [7, 11) is 0. The fourth-order valence-electron chi connectivity index (χ4n) is 2.54. The lowest BCUT2D eigenvalue weighted by molar-refractivity contribution is -0.118. The van der Waals surface area contributed by atoms with Gasteiger partial charge >= 0.3 is 0 Å². The van der Waals surface area contributed by atoms with Crippen molar-refractivity contribution in [3.63, 3.8) is 0 Å². The van der Waals surface area contributed by atoms with E-state index < -0.39 is 6.04 Å². The summed E-state index contributed by atoms with van der Waals surface area (Å²) < 4.78 is 5.37. The van der Waals surface area contributed by atoms with Gasteiger partial charge in [-0.15, -0.1) is 6.42 Å². The van der Waals surface area contributed by atoms with Gasteiger partial charge in [0.15, 0.2) is 0 Å². The van der Waals surface area contributed by atoms with Crippen LogP contribution in [-0.2, 0) is 4.79 Å². The first-order valence-electron chi connectivity index (χ1n) is 8.85. The fourth-order valence-corrected chi connectivity index (χ4v) is 2.54. The monoisotopic (exact) mass is 364 g/mol. The van der Waals surface area contributed by atoms with Crippen molar-refractivity contribution in [1.82, 2.24) is 5.32 Å². The molecule has 0 fully saturated rings. The number of benzene rings is 2. The van der Waals surface area contributed by atoms with Gasteiger partial charge in [0.1, 0.15) is 11.8 Å². The lowest BCUT2D eigenvalue weighted by Gasteiger charge is -2.22. The van der Waals surface area contributed by atoms with Crippen molar-refractivity contribution in [3.05, 3.63) is 59.7 Å². The number of anilines is 1. The Morgan fingerprint density at radius 3 is 2.44 bits per heavy atom. The first kappa shape index (κ1) is 20.1. The number of hydrogen-bond acceptors (Lipinski definition) is 3. The van der Waals surface area contributed by atoms with Crippen molar-refractivity contribution in [2.75, 3.05) is 11.9 Å². The molecule has 27 heavy (non-hydrogen) atoms. The van der Waals surface area contributed by atoms with Gasteiger partial charge in [0.05, 0.1) is 6.61 Å². The van der Waals surface area contributed by atoms with Crippen LogP contribution in [0.4, 0.5) is 5.69 Å². The van der Waals surface area contributed by atoms with Gasteiger partial charge in [0, 0.05) is 16.8 Å². The molecule has 0 saturated heterocycles. The van der Waals surface area contributed by atoms with E-state index in [0.717, 1.165) is 0 Å². The minimum atomic E-state index is -0.682. The van der Waals surface area contributed by atoms with Crippen LogP contribution in [0.15, 0.2) is 48.5 Å². The lowest BCUT2D eigenvalue weighted by Crippen LogP contribution is -2.47. The Morgan fingerprint density at radius 1 is 1.15 bits per heavy atom. The van der Waals surface area contributed by atoms with Gasteiger partial charge in [0.2, 0.25) is 5.91 Å². The molecule has 2 aromatic carbocycles. The highest BCUT2D eigenvalue weighted by Crippen LogP contribution is 2.14. The molecule has 2 amide bonds. The molecule has 1 atom stereocenters. The lowest BCUT2D eigenvalue weighted by atomic mass is 10.0. The molecule has 0 aliphatic rings. The summed E-state index contributed by atoms with van der Waals surface area (Å²) in [6, 6.07) is 13.1. The van der Waals surface area contributed by atoms with Crippen LogP contribution in [0.3, 0.4) is 0 Å². The second-order valence-corrected chi connectivity index (χ2v) is 6.37. The Balaban J connectivity index is 2.08. The second-order valence-electron chi connectivity index (χ2n) is 6.37. The van der Waals surface area contributed by atoms with Gasteiger partial charge in [-0.2, -0.15) is 0 Å². The van der Waals surface area contributed by atoms with Crippen molar-refractivity contribution in [1.29, 1.82) is 0 Å². The highest BCUT2D eigenvalue weighted by Gasteiger charge is 2.24. The van der Waals surface area contributed by atoms with Crippen LogP contribution in [0.1, 0.15) is 36.7 Å². The maximum atomic E-state index is 12.7. The van der Waals surface area contributed by atoms with E-state index in [1.165, 1.54) is 0 Å². The summed E-state index contributed by atoms with van der Waals surface area (Å²) >= 11 is 0. The van der Waals surface area contributed by atoms with Crippen molar-refractivity contribution >= 4 is 17.5 Å². The number of terminal acetylenes is 1. The molecule has 0 bridgehead atoms. The fraction of sp³-hybridized carbons (Fsp3) is 0.273. The van der Waals surface area contributed by atoms with E-state index in [1.54, 1.807) is 48.5 Å². The highest BCUT2D eigenvalue weighted by atomic mass is 16.5. The number of carbonyl (C=O) groups excluding carboxylic acids is 2. The van der Waals surface area contributed by atoms with Crippen LogP contribution < -0.4 is 15.4 Å². The van der Waals surface area contributed by atoms with Crippen molar-refractivity contribution in [2.24, 2.45) is 5.92 Å². The number of amides is 2. The van der Waals surface area contributed by atoms with Gasteiger partial charge in [-0.1, -0.05) is 25.8 Å². The number of ether oxygens (including phenoxy) is 1. The largest absolute Gasteiger partial charge is 0.494 e. The molecule has 5 heteroatoms. The Labute approximate surface area is 160 Å². The molecule has 2 rings (SSSR count). The molecule has 0 aliphatic carbocycles. The molecule has 0 heterocycles. The first-order valence-corrected chi connectivity index (χ1v) is 8.85. The minimum absolute atomic E-state index is 0.0903. The van der Waals surface area contributed by atoms with Gasteiger partial charge in [0.25, 0.3) is 5.91 Å². The van der Waals surface area contributed by atoms with Crippen molar-refractivity contribution in [2.45, 2.75) is 26.8 Å². The number of nitrogens with one attached hydrogen (secondary N) is 2. The van der Waals surface area contributed by atoms with Crippen LogP contribution in [-0.4, -0.2) is 24.5 Å². The zero-order valence-corrected chi connectivity index (χ0v) is 15.8. The van der Waals surface area contributed by atoms with E-state index >= 15 is 0 Å². The second kappa shape index (κ2) is 9.44. The molecule has 1 unspecified atom stereocenters. The van der Waals surface area contributed by atoms with Crippen molar-refractivity contribution in [3.8, 4) is 18.1 Å². The van der Waals surface area contributed by atoms with E-state index in [-0.39, 0.29) is 17.7 Å². The molecule has 0 spiro atoms. The third kappa shape index (κ3) is 5.61. The van der Waals surface area contributed by atoms with E-state index in [4.69, 9.17) is 11.2 Å². The Hall–Kier alpha value is -3.26. The molecular weight excluding hydrogens is 340 g/mol. The Morgan fingerprint density at radius 2 is 1.85 bits per heavy atom. The molecule has 2 N–H and O–H groups in total. The molecule has 2 aromatic rings. The molecule has 140 valence electrons. The average molecular weight is 364 g/mol. The highest BCUT2D eigenvalue weighted by molar-refractivity contribution is 6.01.